The van der Waals surface area contributed by atoms with Crippen LogP contribution in [0.5, 0.6) is 5.75 Å². The molecule has 30 heavy (non-hydrogen) atoms. The zero-order valence-corrected chi connectivity index (χ0v) is 17.8. The zero-order chi connectivity index (χ0) is 20.1. The van der Waals surface area contributed by atoms with E-state index in [1.807, 2.05) is 61.9 Å². The molecular formula is C23H27ClN4O2. The van der Waals surface area contributed by atoms with Gasteiger partial charge in [0.2, 0.25) is 5.91 Å². The van der Waals surface area contributed by atoms with Gasteiger partial charge in [0.05, 0.1) is 24.4 Å². The summed E-state index contributed by atoms with van der Waals surface area (Å²) in [7, 11) is 1.89. The van der Waals surface area contributed by atoms with Gasteiger partial charge in [0.15, 0.2) is 0 Å². The fourth-order valence-corrected chi connectivity index (χ4v) is 3.78. The number of anilines is 1. The number of carbonyl (C=O) groups excluding carboxylic acids is 1. The van der Waals surface area contributed by atoms with Gasteiger partial charge in [-0.2, -0.15) is 5.10 Å². The van der Waals surface area contributed by atoms with Gasteiger partial charge in [-0.3, -0.25) is 9.48 Å². The standard InChI is InChI=1S/C23H26N4O2.ClH/c1-27-16-18(13-25-27)19-14-24-15-20(19)23(28)26-21-9-5-6-10-22(21)29-12-11-17-7-3-2-4-8-17;/h2-10,13,16,19-20,24H,11-12,14-15H2,1H3,(H,26,28);1H/t19-,20+;/m1./s1. The maximum absolute atomic E-state index is 13.0. The predicted molar refractivity (Wildman–Crippen MR) is 120 cm³/mol. The number of nitrogens with zero attached hydrogens (tertiary/aromatic N) is 2. The number of hydrogen-bond donors (Lipinski definition) is 2. The van der Waals surface area contributed by atoms with Crippen molar-refractivity contribution in [2.45, 2.75) is 12.3 Å². The number of halogens is 1. The minimum absolute atomic E-state index is 0. The van der Waals surface area contributed by atoms with Crippen molar-refractivity contribution in [3.8, 4) is 5.75 Å². The Bertz CT molecular complexity index is 961. The summed E-state index contributed by atoms with van der Waals surface area (Å²) < 4.78 is 7.75. The topological polar surface area (TPSA) is 68.2 Å². The van der Waals surface area contributed by atoms with Gasteiger partial charge >= 0.3 is 0 Å². The summed E-state index contributed by atoms with van der Waals surface area (Å²) in [4.78, 5) is 13.0. The second-order valence-electron chi connectivity index (χ2n) is 7.39. The number of carbonyl (C=O) groups is 1. The Morgan fingerprint density at radius 1 is 1.17 bits per heavy atom. The number of benzene rings is 2. The lowest BCUT2D eigenvalue weighted by molar-refractivity contribution is -0.119. The molecule has 1 fully saturated rings. The van der Waals surface area contributed by atoms with Crippen LogP contribution in [0, 0.1) is 5.92 Å². The van der Waals surface area contributed by atoms with Crippen molar-refractivity contribution in [2.75, 3.05) is 25.0 Å². The van der Waals surface area contributed by atoms with E-state index in [1.165, 1.54) is 5.56 Å². The van der Waals surface area contributed by atoms with Crippen LogP contribution in [0.2, 0.25) is 0 Å². The van der Waals surface area contributed by atoms with Crippen LogP contribution in [0.25, 0.3) is 0 Å². The first-order chi connectivity index (χ1) is 14.2. The van der Waals surface area contributed by atoms with Gasteiger partial charge < -0.3 is 15.4 Å². The van der Waals surface area contributed by atoms with E-state index in [9.17, 15) is 4.79 Å². The van der Waals surface area contributed by atoms with Crippen LogP contribution in [0.15, 0.2) is 67.0 Å². The van der Waals surface area contributed by atoms with E-state index in [0.717, 1.165) is 18.5 Å². The quantitative estimate of drug-likeness (QED) is 0.607. The van der Waals surface area contributed by atoms with Gasteiger partial charge in [0.25, 0.3) is 0 Å². The van der Waals surface area contributed by atoms with E-state index >= 15 is 0 Å². The minimum Gasteiger partial charge on any atom is -0.491 e. The zero-order valence-electron chi connectivity index (χ0n) is 17.0. The van der Waals surface area contributed by atoms with Crippen molar-refractivity contribution in [1.29, 1.82) is 0 Å². The molecule has 3 aromatic rings. The molecule has 2 aromatic carbocycles. The van der Waals surface area contributed by atoms with Gasteiger partial charge in [-0.25, -0.2) is 0 Å². The van der Waals surface area contributed by atoms with Gasteiger partial charge in [0.1, 0.15) is 5.75 Å². The molecule has 2 heterocycles. The van der Waals surface area contributed by atoms with Crippen LogP contribution in [0.4, 0.5) is 5.69 Å². The number of aryl methyl sites for hydroxylation is 1. The third kappa shape index (κ3) is 5.20. The number of nitrogens with one attached hydrogen (secondary N) is 2. The number of ether oxygens (including phenoxy) is 1. The SMILES string of the molecule is Cl.Cn1cc([C@H]2CNC[C@@H]2C(=O)Nc2ccccc2OCCc2ccccc2)cn1. The van der Waals surface area contributed by atoms with Crippen LogP contribution < -0.4 is 15.4 Å². The first-order valence-corrected chi connectivity index (χ1v) is 9.96. The largest absolute Gasteiger partial charge is 0.491 e. The second kappa shape index (κ2) is 10.3. The predicted octanol–water partition coefficient (Wildman–Crippen LogP) is 3.41. The van der Waals surface area contributed by atoms with Crippen molar-refractivity contribution in [2.24, 2.45) is 13.0 Å². The molecule has 1 aliphatic heterocycles. The maximum atomic E-state index is 13.0. The molecule has 6 nitrogen and oxygen atoms in total. The van der Waals surface area contributed by atoms with Gasteiger partial charge in [0, 0.05) is 38.7 Å². The lowest BCUT2D eigenvalue weighted by Crippen LogP contribution is -2.28. The third-order valence-corrected chi connectivity index (χ3v) is 5.34. The fraction of sp³-hybridized carbons (Fsp3) is 0.304. The van der Waals surface area contributed by atoms with Crippen molar-refractivity contribution in [3.05, 3.63) is 78.1 Å². The monoisotopic (exact) mass is 426 g/mol. The van der Waals surface area contributed by atoms with Gasteiger partial charge in [-0.1, -0.05) is 42.5 Å². The fourth-order valence-electron chi connectivity index (χ4n) is 3.78. The number of hydrogen-bond acceptors (Lipinski definition) is 4. The maximum Gasteiger partial charge on any atom is 0.229 e. The molecule has 0 radical (unpaired) electrons. The molecule has 0 spiro atoms. The highest BCUT2D eigenvalue weighted by atomic mass is 35.5. The van der Waals surface area contributed by atoms with Crippen LogP contribution >= 0.6 is 12.4 Å². The average Bonchev–Trinajstić information content (AvgIpc) is 3.39. The Labute approximate surface area is 183 Å². The molecule has 0 unspecified atom stereocenters. The summed E-state index contributed by atoms with van der Waals surface area (Å²) in [6.07, 6.45) is 4.65. The summed E-state index contributed by atoms with van der Waals surface area (Å²) >= 11 is 0. The highest BCUT2D eigenvalue weighted by molar-refractivity contribution is 5.95. The molecule has 4 rings (SSSR count). The van der Waals surface area contributed by atoms with Crippen molar-refractivity contribution in [1.82, 2.24) is 15.1 Å². The molecular weight excluding hydrogens is 400 g/mol. The molecule has 158 valence electrons. The van der Waals surface area contributed by atoms with E-state index in [2.05, 4.69) is 27.9 Å². The first kappa shape index (κ1) is 21.9. The molecule has 0 aliphatic carbocycles. The van der Waals surface area contributed by atoms with E-state index < -0.39 is 0 Å². The number of para-hydroxylation sites is 2. The first-order valence-electron chi connectivity index (χ1n) is 9.96. The summed E-state index contributed by atoms with van der Waals surface area (Å²) in [5, 5.41) is 10.7. The van der Waals surface area contributed by atoms with Crippen LogP contribution in [0.1, 0.15) is 17.0 Å². The Balaban J connectivity index is 0.00000256. The van der Waals surface area contributed by atoms with E-state index in [-0.39, 0.29) is 30.2 Å². The van der Waals surface area contributed by atoms with Gasteiger partial charge in [-0.05, 0) is 23.3 Å². The van der Waals surface area contributed by atoms with Crippen LogP contribution in [-0.2, 0) is 18.3 Å². The minimum atomic E-state index is -0.142. The lowest BCUT2D eigenvalue weighted by atomic mass is 9.90. The highest BCUT2D eigenvalue weighted by Crippen LogP contribution is 2.30. The summed E-state index contributed by atoms with van der Waals surface area (Å²) in [6, 6.07) is 17.8. The molecule has 1 saturated heterocycles. The lowest BCUT2D eigenvalue weighted by Gasteiger charge is -2.18. The Hall–Kier alpha value is -2.83. The molecule has 1 aromatic heterocycles. The van der Waals surface area contributed by atoms with Crippen molar-refractivity contribution < 1.29 is 9.53 Å². The highest BCUT2D eigenvalue weighted by Gasteiger charge is 2.35. The molecule has 2 N–H and O–H groups in total. The molecule has 1 amide bonds. The van der Waals surface area contributed by atoms with Crippen molar-refractivity contribution >= 4 is 24.0 Å². The molecule has 0 bridgehead atoms. The Morgan fingerprint density at radius 2 is 1.93 bits per heavy atom. The van der Waals surface area contributed by atoms with Crippen LogP contribution in [-0.4, -0.2) is 35.4 Å². The summed E-state index contributed by atoms with van der Waals surface area (Å²) in [6.45, 7) is 1.99. The Kier molecular flexibility index (Phi) is 7.49. The normalized spacial score (nSPS) is 17.9. The number of amides is 1. The average molecular weight is 427 g/mol. The van der Waals surface area contributed by atoms with E-state index in [0.29, 0.717) is 24.6 Å². The Morgan fingerprint density at radius 3 is 2.70 bits per heavy atom. The van der Waals surface area contributed by atoms with Crippen molar-refractivity contribution in [3.63, 3.8) is 0 Å². The van der Waals surface area contributed by atoms with Crippen LogP contribution in [0.3, 0.4) is 0 Å². The third-order valence-electron chi connectivity index (χ3n) is 5.34. The van der Waals surface area contributed by atoms with E-state index in [1.54, 1.807) is 4.68 Å². The smallest absolute Gasteiger partial charge is 0.229 e. The molecule has 0 saturated carbocycles. The summed E-state index contributed by atoms with van der Waals surface area (Å²) in [5.41, 5.74) is 3.03. The summed E-state index contributed by atoms with van der Waals surface area (Å²) in [5.74, 6) is 0.676. The molecule has 7 heteroatoms. The second-order valence-corrected chi connectivity index (χ2v) is 7.39. The van der Waals surface area contributed by atoms with Gasteiger partial charge in [-0.15, -0.1) is 12.4 Å². The molecule has 2 atom stereocenters. The number of aromatic nitrogens is 2. The number of rotatable bonds is 7. The molecule has 1 aliphatic rings. The van der Waals surface area contributed by atoms with E-state index in [4.69, 9.17) is 4.74 Å².